The van der Waals surface area contributed by atoms with Gasteiger partial charge in [0.15, 0.2) is 0 Å². The molecule has 0 aliphatic heterocycles. The molecule has 0 amide bonds. The van der Waals surface area contributed by atoms with Crippen LogP contribution in [0.15, 0.2) is 18.3 Å². The van der Waals surface area contributed by atoms with Gasteiger partial charge in [-0.3, -0.25) is 0 Å². The Morgan fingerprint density at radius 3 is 3.00 bits per heavy atom. The van der Waals surface area contributed by atoms with Crippen LogP contribution in [-0.4, -0.2) is 12.1 Å². The minimum atomic E-state index is 0.0358. The van der Waals surface area contributed by atoms with E-state index in [1.54, 1.807) is 13.3 Å². The summed E-state index contributed by atoms with van der Waals surface area (Å²) in [6.07, 6.45) is 3.74. The summed E-state index contributed by atoms with van der Waals surface area (Å²) in [6, 6.07) is 3.88. The highest BCUT2D eigenvalue weighted by atomic mass is 16.5. The number of methoxy groups -OCH3 is 1. The number of ether oxygens (including phenoxy) is 1. The third-order valence-corrected chi connectivity index (χ3v) is 1.99. The van der Waals surface area contributed by atoms with Crippen LogP contribution in [0.2, 0.25) is 0 Å². The second-order valence-electron chi connectivity index (χ2n) is 3.00. The largest absolute Gasteiger partial charge is 0.481 e. The summed E-state index contributed by atoms with van der Waals surface area (Å²) < 4.78 is 5.12. The van der Waals surface area contributed by atoms with Crippen LogP contribution in [0.3, 0.4) is 0 Å². The molecule has 0 aliphatic carbocycles. The summed E-state index contributed by atoms with van der Waals surface area (Å²) in [5, 5.41) is 0. The standard InChI is InChI=1S/C10H16N2O/c1-3-5-9(11)8-6-4-7-12-10(8)13-2/h4,6-7,9H,3,5,11H2,1-2H3/t9-/m1/s1. The van der Waals surface area contributed by atoms with Gasteiger partial charge in [-0.1, -0.05) is 19.4 Å². The summed E-state index contributed by atoms with van der Waals surface area (Å²) in [5.74, 6) is 0.642. The van der Waals surface area contributed by atoms with Crippen LogP contribution in [0.1, 0.15) is 31.4 Å². The summed E-state index contributed by atoms with van der Waals surface area (Å²) in [4.78, 5) is 4.10. The maximum absolute atomic E-state index is 5.96. The first-order valence-electron chi connectivity index (χ1n) is 4.54. The molecule has 0 fully saturated rings. The first kappa shape index (κ1) is 9.99. The van der Waals surface area contributed by atoms with E-state index < -0.39 is 0 Å². The van der Waals surface area contributed by atoms with E-state index in [1.807, 2.05) is 12.1 Å². The Morgan fingerprint density at radius 1 is 1.62 bits per heavy atom. The highest BCUT2D eigenvalue weighted by molar-refractivity contribution is 5.28. The fraction of sp³-hybridized carbons (Fsp3) is 0.500. The van der Waals surface area contributed by atoms with E-state index >= 15 is 0 Å². The molecule has 1 rings (SSSR count). The number of aromatic nitrogens is 1. The molecular formula is C10H16N2O. The zero-order chi connectivity index (χ0) is 9.68. The van der Waals surface area contributed by atoms with E-state index in [0.717, 1.165) is 18.4 Å². The van der Waals surface area contributed by atoms with Crippen LogP contribution in [0.4, 0.5) is 0 Å². The Balaban J connectivity index is 2.85. The van der Waals surface area contributed by atoms with Crippen LogP contribution < -0.4 is 10.5 Å². The Morgan fingerprint density at radius 2 is 2.38 bits per heavy atom. The van der Waals surface area contributed by atoms with Crippen molar-refractivity contribution in [1.82, 2.24) is 4.98 Å². The number of nitrogens with zero attached hydrogens (tertiary/aromatic N) is 1. The van der Waals surface area contributed by atoms with Gasteiger partial charge < -0.3 is 10.5 Å². The zero-order valence-corrected chi connectivity index (χ0v) is 8.16. The van der Waals surface area contributed by atoms with Crippen molar-refractivity contribution in [2.45, 2.75) is 25.8 Å². The Kier molecular flexibility index (Phi) is 3.71. The first-order chi connectivity index (χ1) is 6.29. The van der Waals surface area contributed by atoms with Gasteiger partial charge in [0.2, 0.25) is 5.88 Å². The Labute approximate surface area is 78.9 Å². The van der Waals surface area contributed by atoms with E-state index in [4.69, 9.17) is 10.5 Å². The van der Waals surface area contributed by atoms with Crippen LogP contribution >= 0.6 is 0 Å². The quantitative estimate of drug-likeness (QED) is 0.769. The molecule has 1 atom stereocenters. The monoisotopic (exact) mass is 180 g/mol. The first-order valence-corrected chi connectivity index (χ1v) is 4.54. The number of hydrogen-bond donors (Lipinski definition) is 1. The summed E-state index contributed by atoms with van der Waals surface area (Å²) in [6.45, 7) is 2.11. The molecule has 1 heterocycles. The van der Waals surface area contributed by atoms with Crippen LogP contribution in [-0.2, 0) is 0 Å². The zero-order valence-electron chi connectivity index (χ0n) is 8.16. The highest BCUT2D eigenvalue weighted by Gasteiger charge is 2.10. The second-order valence-corrected chi connectivity index (χ2v) is 3.00. The molecule has 1 aromatic heterocycles. The van der Waals surface area contributed by atoms with Crippen molar-refractivity contribution in [2.24, 2.45) is 5.73 Å². The molecule has 72 valence electrons. The SMILES string of the molecule is CCC[C@@H](N)c1cccnc1OC. The van der Waals surface area contributed by atoms with E-state index in [9.17, 15) is 0 Å². The second kappa shape index (κ2) is 4.82. The fourth-order valence-electron chi connectivity index (χ4n) is 1.32. The van der Waals surface area contributed by atoms with Gasteiger partial charge in [0.1, 0.15) is 0 Å². The molecule has 0 unspecified atom stereocenters. The molecule has 0 aromatic carbocycles. The summed E-state index contributed by atoms with van der Waals surface area (Å²) >= 11 is 0. The average Bonchev–Trinajstić information content (AvgIpc) is 2.18. The number of hydrogen-bond acceptors (Lipinski definition) is 3. The number of pyridine rings is 1. The van der Waals surface area contributed by atoms with Crippen molar-refractivity contribution in [3.8, 4) is 5.88 Å². The lowest BCUT2D eigenvalue weighted by Crippen LogP contribution is -2.11. The molecule has 2 N–H and O–H groups in total. The molecule has 0 spiro atoms. The molecule has 3 nitrogen and oxygen atoms in total. The van der Waals surface area contributed by atoms with E-state index in [1.165, 1.54) is 0 Å². The third-order valence-electron chi connectivity index (χ3n) is 1.99. The molecule has 0 radical (unpaired) electrons. The topological polar surface area (TPSA) is 48.1 Å². The lowest BCUT2D eigenvalue weighted by molar-refractivity contribution is 0.387. The maximum atomic E-state index is 5.96. The normalized spacial score (nSPS) is 12.5. The van der Waals surface area contributed by atoms with Crippen molar-refractivity contribution in [1.29, 1.82) is 0 Å². The predicted octanol–water partition coefficient (Wildman–Crippen LogP) is 1.89. The smallest absolute Gasteiger partial charge is 0.217 e. The lowest BCUT2D eigenvalue weighted by atomic mass is 10.1. The minimum Gasteiger partial charge on any atom is -0.481 e. The van der Waals surface area contributed by atoms with Gasteiger partial charge >= 0.3 is 0 Å². The molecule has 3 heteroatoms. The van der Waals surface area contributed by atoms with Gasteiger partial charge in [-0.05, 0) is 12.5 Å². The average molecular weight is 180 g/mol. The van der Waals surface area contributed by atoms with E-state index in [0.29, 0.717) is 5.88 Å². The molecule has 0 aliphatic rings. The van der Waals surface area contributed by atoms with Gasteiger partial charge in [0.25, 0.3) is 0 Å². The Bertz CT molecular complexity index is 263. The summed E-state index contributed by atoms with van der Waals surface area (Å²) in [7, 11) is 1.62. The van der Waals surface area contributed by atoms with Crippen molar-refractivity contribution < 1.29 is 4.74 Å². The molecule has 0 bridgehead atoms. The predicted molar refractivity (Wildman–Crippen MR) is 52.6 cm³/mol. The minimum absolute atomic E-state index is 0.0358. The van der Waals surface area contributed by atoms with Crippen molar-refractivity contribution in [2.75, 3.05) is 7.11 Å². The van der Waals surface area contributed by atoms with Crippen molar-refractivity contribution >= 4 is 0 Å². The lowest BCUT2D eigenvalue weighted by Gasteiger charge is -2.13. The molecule has 1 aromatic rings. The molecule has 0 saturated heterocycles. The third kappa shape index (κ3) is 2.42. The van der Waals surface area contributed by atoms with Gasteiger partial charge in [-0.2, -0.15) is 0 Å². The van der Waals surface area contributed by atoms with E-state index in [2.05, 4.69) is 11.9 Å². The number of rotatable bonds is 4. The molecular weight excluding hydrogens is 164 g/mol. The fourth-order valence-corrected chi connectivity index (χ4v) is 1.32. The van der Waals surface area contributed by atoms with Gasteiger partial charge in [-0.15, -0.1) is 0 Å². The maximum Gasteiger partial charge on any atom is 0.217 e. The summed E-state index contributed by atoms with van der Waals surface area (Å²) in [5.41, 5.74) is 6.95. The van der Waals surface area contributed by atoms with Crippen molar-refractivity contribution in [3.63, 3.8) is 0 Å². The Hall–Kier alpha value is -1.09. The van der Waals surface area contributed by atoms with Crippen LogP contribution in [0.5, 0.6) is 5.88 Å². The highest BCUT2D eigenvalue weighted by Crippen LogP contribution is 2.23. The van der Waals surface area contributed by atoms with E-state index in [-0.39, 0.29) is 6.04 Å². The van der Waals surface area contributed by atoms with Crippen LogP contribution in [0, 0.1) is 0 Å². The molecule has 0 saturated carbocycles. The van der Waals surface area contributed by atoms with Gasteiger partial charge in [-0.25, -0.2) is 4.98 Å². The van der Waals surface area contributed by atoms with Gasteiger partial charge in [0, 0.05) is 17.8 Å². The molecule has 13 heavy (non-hydrogen) atoms. The van der Waals surface area contributed by atoms with Crippen molar-refractivity contribution in [3.05, 3.63) is 23.9 Å². The van der Waals surface area contributed by atoms with Crippen LogP contribution in [0.25, 0.3) is 0 Å². The van der Waals surface area contributed by atoms with Gasteiger partial charge in [0.05, 0.1) is 7.11 Å². The number of nitrogens with two attached hydrogens (primary N) is 1.